The quantitative estimate of drug-likeness (QED) is 0.784. The van der Waals surface area contributed by atoms with Gasteiger partial charge in [0.25, 0.3) is 0 Å². The highest BCUT2D eigenvalue weighted by atomic mass is 35.5. The van der Waals surface area contributed by atoms with Crippen LogP contribution in [0, 0.1) is 5.92 Å². The Labute approximate surface area is 132 Å². The monoisotopic (exact) mass is 311 g/mol. The number of thioether (sulfide) groups is 1. The van der Waals surface area contributed by atoms with Gasteiger partial charge < -0.3 is 5.73 Å². The van der Waals surface area contributed by atoms with Gasteiger partial charge in [0.2, 0.25) is 0 Å². The second kappa shape index (κ2) is 7.72. The Morgan fingerprint density at radius 1 is 1.35 bits per heavy atom. The van der Waals surface area contributed by atoms with Crippen LogP contribution in [0.3, 0.4) is 0 Å². The largest absolute Gasteiger partial charge is 0.326 e. The van der Waals surface area contributed by atoms with Gasteiger partial charge in [0.15, 0.2) is 0 Å². The van der Waals surface area contributed by atoms with Crippen LogP contribution in [0.2, 0.25) is 5.02 Å². The lowest BCUT2D eigenvalue weighted by Gasteiger charge is -2.32. The summed E-state index contributed by atoms with van der Waals surface area (Å²) in [5, 5.41) is 1.92. The molecule has 0 heterocycles. The molecule has 1 nitrogen and oxygen atoms in total. The maximum absolute atomic E-state index is 6.40. The van der Waals surface area contributed by atoms with Gasteiger partial charge in [-0.25, -0.2) is 0 Å². The van der Waals surface area contributed by atoms with Crippen molar-refractivity contribution in [3.8, 4) is 0 Å². The lowest BCUT2D eigenvalue weighted by molar-refractivity contribution is 0.393. The maximum Gasteiger partial charge on any atom is 0.0465 e. The molecule has 0 spiro atoms. The predicted molar refractivity (Wildman–Crippen MR) is 91.5 cm³/mol. The Hall–Kier alpha value is -0.180. The predicted octanol–water partition coefficient (Wildman–Crippen LogP) is 5.43. The van der Waals surface area contributed by atoms with Crippen molar-refractivity contribution >= 4 is 23.4 Å². The average molecular weight is 312 g/mol. The first-order chi connectivity index (χ1) is 9.61. The fraction of sp³-hybridized carbons (Fsp3) is 0.647. The first-order valence-electron chi connectivity index (χ1n) is 7.77. The molecule has 1 aromatic carbocycles. The lowest BCUT2D eigenvalue weighted by Crippen LogP contribution is -2.28. The third kappa shape index (κ3) is 4.16. The van der Waals surface area contributed by atoms with Gasteiger partial charge in [-0.3, -0.25) is 0 Å². The molecule has 2 rings (SSSR count). The molecule has 112 valence electrons. The molecule has 1 saturated carbocycles. The molecule has 0 amide bonds. The van der Waals surface area contributed by atoms with E-state index in [-0.39, 0.29) is 6.04 Å². The fourth-order valence-corrected chi connectivity index (χ4v) is 5.26. The van der Waals surface area contributed by atoms with Crippen LogP contribution in [0.25, 0.3) is 0 Å². The minimum Gasteiger partial charge on any atom is -0.326 e. The van der Waals surface area contributed by atoms with Crippen molar-refractivity contribution in [1.29, 1.82) is 0 Å². The highest BCUT2D eigenvalue weighted by molar-refractivity contribution is 8.00. The molecule has 20 heavy (non-hydrogen) atoms. The summed E-state index contributed by atoms with van der Waals surface area (Å²) in [5.41, 5.74) is 7.61. The Balaban J connectivity index is 2.14. The van der Waals surface area contributed by atoms with Crippen LogP contribution in [0.1, 0.15) is 56.8 Å². The van der Waals surface area contributed by atoms with E-state index in [2.05, 4.69) is 37.7 Å². The lowest BCUT2D eigenvalue weighted by atomic mass is 9.90. The molecule has 1 aromatic rings. The van der Waals surface area contributed by atoms with Crippen molar-refractivity contribution in [2.75, 3.05) is 0 Å². The van der Waals surface area contributed by atoms with E-state index in [1.54, 1.807) is 0 Å². The van der Waals surface area contributed by atoms with E-state index in [4.69, 9.17) is 17.3 Å². The van der Waals surface area contributed by atoms with Gasteiger partial charge >= 0.3 is 0 Å². The zero-order chi connectivity index (χ0) is 14.5. The molecule has 0 aromatic heterocycles. The smallest absolute Gasteiger partial charge is 0.0465 e. The number of hydrogen-bond acceptors (Lipinski definition) is 2. The zero-order valence-electron chi connectivity index (χ0n) is 12.5. The summed E-state index contributed by atoms with van der Waals surface area (Å²) in [7, 11) is 0. The van der Waals surface area contributed by atoms with Crippen molar-refractivity contribution in [3.63, 3.8) is 0 Å². The van der Waals surface area contributed by atoms with Gasteiger partial charge in [-0.15, -0.1) is 11.8 Å². The first kappa shape index (κ1) is 16.2. The topological polar surface area (TPSA) is 26.0 Å². The molecule has 0 radical (unpaired) electrons. The molecule has 2 N–H and O–H groups in total. The van der Waals surface area contributed by atoms with E-state index in [1.165, 1.54) is 31.2 Å². The van der Waals surface area contributed by atoms with Crippen molar-refractivity contribution in [3.05, 3.63) is 34.9 Å². The van der Waals surface area contributed by atoms with Gasteiger partial charge in [0.1, 0.15) is 0 Å². The molecule has 1 fully saturated rings. The molecule has 4 unspecified atom stereocenters. The molecule has 1 aliphatic carbocycles. The molecule has 0 saturated heterocycles. The Bertz CT molecular complexity index is 423. The van der Waals surface area contributed by atoms with Crippen LogP contribution in [0.5, 0.6) is 0 Å². The van der Waals surface area contributed by atoms with Gasteiger partial charge in [0, 0.05) is 21.6 Å². The van der Waals surface area contributed by atoms with Crippen LogP contribution in [-0.4, -0.2) is 11.3 Å². The average Bonchev–Trinajstić information content (AvgIpc) is 2.45. The standard InChI is InChI=1S/C17H26ClNS/c1-3-16(19)17(14-9-4-5-10-15(14)18)20-13-8-6-7-12(2)11-13/h4-5,9-10,12-13,16-17H,3,6-8,11,19H2,1-2H3. The van der Waals surface area contributed by atoms with Crippen LogP contribution < -0.4 is 5.73 Å². The molecule has 0 aliphatic heterocycles. The molecule has 4 atom stereocenters. The van der Waals surface area contributed by atoms with Crippen LogP contribution in [0.15, 0.2) is 24.3 Å². The maximum atomic E-state index is 6.40. The summed E-state index contributed by atoms with van der Waals surface area (Å²) in [6.07, 6.45) is 6.38. The van der Waals surface area contributed by atoms with Gasteiger partial charge in [-0.05, 0) is 36.8 Å². The van der Waals surface area contributed by atoms with E-state index < -0.39 is 0 Å². The Morgan fingerprint density at radius 3 is 2.75 bits per heavy atom. The second-order valence-corrected chi connectivity index (χ2v) is 7.90. The summed E-state index contributed by atoms with van der Waals surface area (Å²) >= 11 is 8.46. The third-order valence-electron chi connectivity index (χ3n) is 4.30. The molecular formula is C17H26ClNS. The van der Waals surface area contributed by atoms with E-state index in [9.17, 15) is 0 Å². The first-order valence-corrected chi connectivity index (χ1v) is 9.09. The normalized spacial score (nSPS) is 26.2. The van der Waals surface area contributed by atoms with Crippen LogP contribution in [-0.2, 0) is 0 Å². The van der Waals surface area contributed by atoms with Gasteiger partial charge in [-0.1, -0.05) is 56.5 Å². The number of benzene rings is 1. The highest BCUT2D eigenvalue weighted by Crippen LogP contribution is 2.43. The van der Waals surface area contributed by atoms with E-state index in [0.717, 1.165) is 22.6 Å². The van der Waals surface area contributed by atoms with E-state index in [1.807, 2.05) is 12.1 Å². The molecular weight excluding hydrogens is 286 g/mol. The summed E-state index contributed by atoms with van der Waals surface area (Å²) in [5.74, 6) is 0.853. The molecule has 0 bridgehead atoms. The summed E-state index contributed by atoms with van der Waals surface area (Å²) in [6.45, 7) is 4.54. The molecule has 1 aliphatic rings. The number of nitrogens with two attached hydrogens (primary N) is 1. The summed E-state index contributed by atoms with van der Waals surface area (Å²) in [6, 6.07) is 8.36. The highest BCUT2D eigenvalue weighted by Gasteiger charge is 2.27. The van der Waals surface area contributed by atoms with Crippen molar-refractivity contribution < 1.29 is 0 Å². The van der Waals surface area contributed by atoms with Crippen molar-refractivity contribution in [2.24, 2.45) is 11.7 Å². The summed E-state index contributed by atoms with van der Waals surface area (Å²) < 4.78 is 0. The van der Waals surface area contributed by atoms with E-state index in [0.29, 0.717) is 5.25 Å². The summed E-state index contributed by atoms with van der Waals surface area (Å²) in [4.78, 5) is 0. The van der Waals surface area contributed by atoms with Crippen LogP contribution in [0.4, 0.5) is 0 Å². The number of rotatable bonds is 5. The number of halogens is 1. The fourth-order valence-electron chi connectivity index (χ4n) is 3.03. The SMILES string of the molecule is CCC(N)C(SC1CCCC(C)C1)c1ccccc1Cl. The minimum atomic E-state index is 0.178. The molecule has 3 heteroatoms. The van der Waals surface area contributed by atoms with Crippen LogP contribution >= 0.6 is 23.4 Å². The zero-order valence-corrected chi connectivity index (χ0v) is 14.1. The number of hydrogen-bond donors (Lipinski definition) is 1. The van der Waals surface area contributed by atoms with Gasteiger partial charge in [-0.2, -0.15) is 0 Å². The van der Waals surface area contributed by atoms with Crippen molar-refractivity contribution in [1.82, 2.24) is 0 Å². The Kier molecular flexibility index (Phi) is 6.25. The second-order valence-electron chi connectivity index (χ2n) is 6.04. The Morgan fingerprint density at radius 2 is 2.10 bits per heavy atom. The third-order valence-corrected chi connectivity index (χ3v) is 6.35. The van der Waals surface area contributed by atoms with Crippen molar-refractivity contribution in [2.45, 2.75) is 62.5 Å². The minimum absolute atomic E-state index is 0.178. The van der Waals surface area contributed by atoms with Gasteiger partial charge in [0.05, 0.1) is 0 Å². The van der Waals surface area contributed by atoms with E-state index >= 15 is 0 Å².